The number of likely N-dealkylation sites (N-methyl/N-ethyl adjacent to an activating group) is 1. The Kier molecular flexibility index (Phi) is 11.4. The molecule has 3 aliphatic heterocycles. The molecular formula is C41H53NO14. The van der Waals surface area contributed by atoms with E-state index in [-0.39, 0.29) is 64.2 Å². The third-order valence-corrected chi connectivity index (χ3v) is 12.1. The van der Waals surface area contributed by atoms with Crippen LogP contribution in [0.5, 0.6) is 11.5 Å². The van der Waals surface area contributed by atoms with Crippen LogP contribution < -0.4 is 0 Å². The van der Waals surface area contributed by atoms with Gasteiger partial charge in [0, 0.05) is 48.4 Å². The summed E-state index contributed by atoms with van der Waals surface area (Å²) in [4.78, 5) is 42.9. The van der Waals surface area contributed by atoms with E-state index in [0.29, 0.717) is 32.1 Å². The lowest BCUT2D eigenvalue weighted by atomic mass is 9.68. The van der Waals surface area contributed by atoms with E-state index >= 15 is 0 Å². The normalized spacial score (nSPS) is 37.1. The van der Waals surface area contributed by atoms with Crippen molar-refractivity contribution in [3.8, 4) is 11.5 Å². The monoisotopic (exact) mass is 783 g/mol. The van der Waals surface area contributed by atoms with Gasteiger partial charge in [-0.25, -0.2) is 0 Å². The summed E-state index contributed by atoms with van der Waals surface area (Å²) in [6.07, 6.45) is -2.58. The Labute approximate surface area is 325 Å². The van der Waals surface area contributed by atoms with Gasteiger partial charge in [0.2, 0.25) is 5.78 Å². The summed E-state index contributed by atoms with van der Waals surface area (Å²) in [5.74, 6) is -4.52. The first-order valence-corrected chi connectivity index (χ1v) is 19.4. The van der Waals surface area contributed by atoms with Gasteiger partial charge in [-0.3, -0.25) is 14.4 Å². The number of benzene rings is 2. The first-order chi connectivity index (χ1) is 26.5. The Morgan fingerprint density at radius 3 is 2.21 bits per heavy atom. The third kappa shape index (κ3) is 7.38. The lowest BCUT2D eigenvalue weighted by Crippen LogP contribution is -2.57. The lowest BCUT2D eigenvalue weighted by molar-refractivity contribution is -0.314. The predicted molar refractivity (Wildman–Crippen MR) is 196 cm³/mol. The number of carbonyl (C=O) groups excluding carboxylic acids is 3. The Morgan fingerprint density at radius 2 is 1.54 bits per heavy atom. The molecule has 0 aromatic heterocycles. The van der Waals surface area contributed by atoms with Crippen molar-refractivity contribution in [2.45, 2.75) is 145 Å². The molecule has 0 bridgehead atoms. The van der Waals surface area contributed by atoms with Crippen LogP contribution in [0, 0.1) is 0 Å². The molecule has 3 saturated heterocycles. The van der Waals surface area contributed by atoms with Gasteiger partial charge in [0.05, 0.1) is 60.5 Å². The van der Waals surface area contributed by atoms with Gasteiger partial charge in [-0.1, -0.05) is 12.1 Å². The van der Waals surface area contributed by atoms with Gasteiger partial charge < -0.3 is 58.5 Å². The van der Waals surface area contributed by atoms with E-state index < -0.39 is 83.8 Å². The van der Waals surface area contributed by atoms with Crippen LogP contribution in [0.3, 0.4) is 0 Å². The fourth-order valence-electron chi connectivity index (χ4n) is 9.09. The second-order valence-electron chi connectivity index (χ2n) is 16.2. The Balaban J connectivity index is 1.11. The number of esters is 1. The van der Waals surface area contributed by atoms with Crippen molar-refractivity contribution in [3.05, 3.63) is 57.6 Å². The smallest absolute Gasteiger partial charge is 0.316 e. The molecule has 3 fully saturated rings. The number of nitrogens with zero attached hydrogens (tertiary/aromatic N) is 1. The second kappa shape index (κ2) is 15.7. The van der Waals surface area contributed by atoms with Crippen LogP contribution in [0.15, 0.2) is 24.3 Å². The Morgan fingerprint density at radius 1 is 0.857 bits per heavy atom. The highest BCUT2D eigenvalue weighted by Crippen LogP contribution is 2.53. The minimum atomic E-state index is -1.77. The maximum absolute atomic E-state index is 13.9. The van der Waals surface area contributed by atoms with Crippen LogP contribution in [0.1, 0.15) is 121 Å². The van der Waals surface area contributed by atoms with Crippen LogP contribution in [-0.2, 0) is 38.0 Å². The number of hydrogen-bond donors (Lipinski definition) is 4. The molecule has 0 saturated carbocycles. The number of phenolic OH excluding ortho intramolecular Hbond substituents is 2. The average Bonchev–Trinajstić information content (AvgIpc) is 3.13. The molecule has 2 aromatic rings. The van der Waals surface area contributed by atoms with Gasteiger partial charge in [0.1, 0.15) is 23.5 Å². The van der Waals surface area contributed by atoms with Crippen LogP contribution in [0.4, 0.5) is 0 Å². The molecule has 13 atom stereocenters. The number of aliphatic hydroxyl groups is 2. The number of hydrogen-bond acceptors (Lipinski definition) is 15. The number of ketones is 2. The molecule has 0 unspecified atom stereocenters. The summed E-state index contributed by atoms with van der Waals surface area (Å²) in [6, 6.07) is 5.23. The highest BCUT2D eigenvalue weighted by atomic mass is 16.7. The largest absolute Gasteiger partial charge is 0.507 e. The van der Waals surface area contributed by atoms with E-state index in [1.165, 1.54) is 38.3 Å². The van der Waals surface area contributed by atoms with E-state index in [0.717, 1.165) is 0 Å². The number of aliphatic hydroxyl groups excluding tert-OH is 1. The number of carbonyl (C=O) groups is 3. The van der Waals surface area contributed by atoms with Gasteiger partial charge in [-0.05, 0) is 72.3 Å². The fraction of sp³-hybridized carbons (Fsp3) is 0.634. The lowest BCUT2D eigenvalue weighted by Gasteiger charge is -2.47. The molecule has 0 radical (unpaired) electrons. The molecule has 2 aromatic carbocycles. The number of phenols is 2. The molecule has 5 aliphatic rings. The van der Waals surface area contributed by atoms with Gasteiger partial charge in [0.15, 0.2) is 24.7 Å². The molecule has 2 aliphatic carbocycles. The maximum atomic E-state index is 13.9. The van der Waals surface area contributed by atoms with Crippen molar-refractivity contribution in [1.29, 1.82) is 0 Å². The SMILES string of the molecule is COC(=O)[C@@H]1c2cc3c(c(O)c2[C@H](O[C@@H]2C[C@H](N(C)C)[C@H](O[C@@H]4CC[C@H](O[C@H]5CC[C@H](O)[C@@H](C)O5)[C@@H](C)O4)[C@H](C)O2)C[C@]1(C)O)C(=O)c1c(O)cccc1C3=O. The summed E-state index contributed by atoms with van der Waals surface area (Å²) in [5, 5.41) is 44.3. The van der Waals surface area contributed by atoms with Crippen molar-refractivity contribution >= 4 is 17.5 Å². The van der Waals surface area contributed by atoms with Crippen molar-refractivity contribution < 1.29 is 68.0 Å². The van der Waals surface area contributed by atoms with Gasteiger partial charge in [-0.2, -0.15) is 0 Å². The van der Waals surface area contributed by atoms with Gasteiger partial charge in [0.25, 0.3) is 0 Å². The zero-order valence-corrected chi connectivity index (χ0v) is 32.8. The first kappa shape index (κ1) is 40.7. The van der Waals surface area contributed by atoms with E-state index in [9.17, 15) is 34.8 Å². The summed E-state index contributed by atoms with van der Waals surface area (Å²) in [6.45, 7) is 7.09. The van der Waals surface area contributed by atoms with E-state index in [1.807, 2.05) is 39.8 Å². The standard InChI is InChI=1S/C41H53NO14/c1-18-25(43)11-13-29(51-18)54-27-12-14-30(52-19(27)2)56-39-20(3)53-31(16-24(39)42(5)6)55-28-17-41(4,49)35(40(48)50-7)22-15-23-34(38(47)33(22)28)37(46)32-21(36(23)45)9-8-10-26(32)44/h8-10,15,18-20,24-25,27-31,35,39,43-44,47,49H,11-14,16-17H2,1-7H3/t18-,19-,20+,24+,25+,27+,28-,29+,30-,31-,35+,39-,41+/m1/s1. The minimum Gasteiger partial charge on any atom is -0.507 e. The highest BCUT2D eigenvalue weighted by molar-refractivity contribution is 6.30. The van der Waals surface area contributed by atoms with Crippen LogP contribution >= 0.6 is 0 Å². The number of fused-ring (bicyclic) bond motifs is 3. The first-order valence-electron chi connectivity index (χ1n) is 19.4. The summed E-state index contributed by atoms with van der Waals surface area (Å²) >= 11 is 0. The highest BCUT2D eigenvalue weighted by Gasteiger charge is 2.52. The zero-order chi connectivity index (χ0) is 40.4. The molecular weight excluding hydrogens is 730 g/mol. The summed E-state index contributed by atoms with van der Waals surface area (Å²) in [7, 11) is 5.01. The van der Waals surface area contributed by atoms with Crippen molar-refractivity contribution in [2.24, 2.45) is 0 Å². The van der Waals surface area contributed by atoms with Crippen molar-refractivity contribution in [1.82, 2.24) is 4.90 Å². The van der Waals surface area contributed by atoms with E-state index in [1.54, 1.807) is 0 Å². The van der Waals surface area contributed by atoms with Gasteiger partial charge in [-0.15, -0.1) is 0 Å². The van der Waals surface area contributed by atoms with Crippen LogP contribution in [-0.4, -0.2) is 131 Å². The Bertz CT molecular complexity index is 1850. The summed E-state index contributed by atoms with van der Waals surface area (Å²) < 4.78 is 43.1. The molecule has 4 N–H and O–H groups in total. The fourth-order valence-corrected chi connectivity index (χ4v) is 9.09. The molecule has 15 nitrogen and oxygen atoms in total. The number of methoxy groups -OCH3 is 1. The number of aromatic hydroxyl groups is 2. The molecule has 7 rings (SSSR count). The van der Waals surface area contributed by atoms with E-state index in [2.05, 4.69) is 0 Å². The second-order valence-corrected chi connectivity index (χ2v) is 16.2. The molecule has 3 heterocycles. The predicted octanol–water partition coefficient (Wildman–Crippen LogP) is 3.59. The number of rotatable bonds is 8. The number of ether oxygens (including phenoxy) is 7. The van der Waals surface area contributed by atoms with Crippen molar-refractivity contribution in [2.75, 3.05) is 21.2 Å². The zero-order valence-electron chi connectivity index (χ0n) is 32.8. The molecule has 0 amide bonds. The summed E-state index contributed by atoms with van der Waals surface area (Å²) in [5.41, 5.74) is -2.41. The van der Waals surface area contributed by atoms with Crippen LogP contribution in [0.2, 0.25) is 0 Å². The topological polar surface area (TPSA) is 200 Å². The average molecular weight is 784 g/mol. The van der Waals surface area contributed by atoms with E-state index in [4.69, 9.17) is 33.2 Å². The maximum Gasteiger partial charge on any atom is 0.316 e. The molecule has 0 spiro atoms. The third-order valence-electron chi connectivity index (χ3n) is 12.1. The van der Waals surface area contributed by atoms with Gasteiger partial charge >= 0.3 is 5.97 Å². The quantitative estimate of drug-likeness (QED) is 0.242. The molecule has 56 heavy (non-hydrogen) atoms. The molecule has 306 valence electrons. The van der Waals surface area contributed by atoms with Crippen molar-refractivity contribution in [3.63, 3.8) is 0 Å². The minimum absolute atomic E-state index is 0.0468. The Hall–Kier alpha value is -3.51. The molecule has 15 heteroatoms. The van der Waals surface area contributed by atoms with Crippen LogP contribution in [0.25, 0.3) is 0 Å².